The summed E-state index contributed by atoms with van der Waals surface area (Å²) in [6, 6.07) is 21.2. The van der Waals surface area contributed by atoms with Crippen LogP contribution in [0.2, 0.25) is 0 Å². The number of aryl methyl sites for hydroxylation is 2. The summed E-state index contributed by atoms with van der Waals surface area (Å²) in [5.41, 5.74) is 19.6. The molecule has 0 saturated carbocycles. The standard InChI is InChI=1S/C24H24N2/c1-3-15-13-21(25)17-9-5-7-11-19(17)23(15)24-16(4-2)14-22(26)18-10-6-8-12-20(18)24/h5-14H,3-4,25-26H2,1-2H3. The number of anilines is 2. The van der Waals surface area contributed by atoms with Gasteiger partial charge < -0.3 is 11.5 Å². The first-order valence-electron chi connectivity index (χ1n) is 9.26. The quantitative estimate of drug-likeness (QED) is 0.453. The number of rotatable bonds is 3. The van der Waals surface area contributed by atoms with Gasteiger partial charge in [0.15, 0.2) is 0 Å². The first kappa shape index (κ1) is 16.5. The molecule has 0 radical (unpaired) electrons. The third-order valence-corrected chi connectivity index (χ3v) is 5.33. The van der Waals surface area contributed by atoms with E-state index in [9.17, 15) is 0 Å². The lowest BCUT2D eigenvalue weighted by molar-refractivity contribution is 1.13. The van der Waals surface area contributed by atoms with Crippen molar-refractivity contribution in [2.24, 2.45) is 0 Å². The molecule has 0 saturated heterocycles. The minimum absolute atomic E-state index is 0.846. The Bertz CT molecular complexity index is 1030. The third kappa shape index (κ3) is 2.41. The predicted octanol–water partition coefficient (Wildman–Crippen LogP) is 5.95. The summed E-state index contributed by atoms with van der Waals surface area (Å²) in [4.78, 5) is 0. The first-order valence-corrected chi connectivity index (χ1v) is 9.26. The second-order valence-corrected chi connectivity index (χ2v) is 6.80. The zero-order chi connectivity index (χ0) is 18.3. The van der Waals surface area contributed by atoms with Crippen LogP contribution in [-0.4, -0.2) is 0 Å². The van der Waals surface area contributed by atoms with Crippen LogP contribution < -0.4 is 11.5 Å². The van der Waals surface area contributed by atoms with Crippen molar-refractivity contribution in [2.75, 3.05) is 11.5 Å². The number of benzene rings is 4. The molecule has 26 heavy (non-hydrogen) atoms. The molecule has 0 spiro atoms. The summed E-state index contributed by atoms with van der Waals surface area (Å²) in [5.74, 6) is 0. The Morgan fingerprint density at radius 2 is 0.923 bits per heavy atom. The highest BCUT2D eigenvalue weighted by Crippen LogP contribution is 2.42. The molecule has 0 aliphatic carbocycles. The summed E-state index contributed by atoms with van der Waals surface area (Å²) in [7, 11) is 0. The lowest BCUT2D eigenvalue weighted by Crippen LogP contribution is -2.00. The van der Waals surface area contributed by atoms with Gasteiger partial charge in [-0.1, -0.05) is 62.4 Å². The maximum absolute atomic E-state index is 6.37. The Hall–Kier alpha value is -3.00. The normalized spacial score (nSPS) is 11.3. The second kappa shape index (κ2) is 6.38. The van der Waals surface area contributed by atoms with E-state index in [1.807, 2.05) is 0 Å². The largest absolute Gasteiger partial charge is 0.398 e. The zero-order valence-corrected chi connectivity index (χ0v) is 15.3. The summed E-state index contributed by atoms with van der Waals surface area (Å²) in [6.07, 6.45) is 1.87. The average molecular weight is 340 g/mol. The highest BCUT2D eigenvalue weighted by Gasteiger charge is 2.18. The van der Waals surface area contributed by atoms with Gasteiger partial charge in [-0.3, -0.25) is 0 Å². The van der Waals surface area contributed by atoms with Crippen LogP contribution in [0.1, 0.15) is 25.0 Å². The van der Waals surface area contributed by atoms with E-state index in [-0.39, 0.29) is 0 Å². The lowest BCUT2D eigenvalue weighted by Gasteiger charge is -2.20. The van der Waals surface area contributed by atoms with E-state index in [4.69, 9.17) is 11.5 Å². The molecule has 0 fully saturated rings. The molecule has 0 heterocycles. The summed E-state index contributed by atoms with van der Waals surface area (Å²) < 4.78 is 0. The Kier molecular flexibility index (Phi) is 4.04. The van der Waals surface area contributed by atoms with Crippen molar-refractivity contribution in [3.8, 4) is 11.1 Å². The minimum atomic E-state index is 0.846. The maximum Gasteiger partial charge on any atom is 0.0396 e. The van der Waals surface area contributed by atoms with Crippen molar-refractivity contribution in [1.82, 2.24) is 0 Å². The molecule has 0 bridgehead atoms. The van der Waals surface area contributed by atoms with Gasteiger partial charge >= 0.3 is 0 Å². The van der Waals surface area contributed by atoms with Gasteiger partial charge in [-0.05, 0) is 58.0 Å². The molecule has 0 unspecified atom stereocenters. The monoisotopic (exact) mass is 340 g/mol. The molecule has 0 aliphatic heterocycles. The molecule has 0 aromatic heterocycles. The molecule has 2 heteroatoms. The molecular weight excluding hydrogens is 316 g/mol. The topological polar surface area (TPSA) is 52.0 Å². The van der Waals surface area contributed by atoms with Crippen molar-refractivity contribution >= 4 is 32.9 Å². The SMILES string of the molecule is CCc1cc(N)c2ccccc2c1-c1c(CC)cc(N)c2ccccc12. The number of nitrogen functional groups attached to an aromatic ring is 2. The van der Waals surface area contributed by atoms with Crippen molar-refractivity contribution in [3.05, 3.63) is 71.8 Å². The fourth-order valence-electron chi connectivity index (χ4n) is 4.08. The van der Waals surface area contributed by atoms with Crippen molar-refractivity contribution in [3.63, 3.8) is 0 Å². The molecule has 4 aromatic rings. The van der Waals surface area contributed by atoms with Crippen LogP contribution in [0.5, 0.6) is 0 Å². The van der Waals surface area contributed by atoms with Crippen LogP contribution >= 0.6 is 0 Å². The lowest BCUT2D eigenvalue weighted by atomic mass is 9.85. The number of nitrogens with two attached hydrogens (primary N) is 2. The predicted molar refractivity (Wildman–Crippen MR) is 114 cm³/mol. The Morgan fingerprint density at radius 3 is 1.27 bits per heavy atom. The van der Waals surface area contributed by atoms with E-state index in [2.05, 4.69) is 74.5 Å². The molecular formula is C24H24N2. The number of hydrogen-bond acceptors (Lipinski definition) is 2. The summed E-state index contributed by atoms with van der Waals surface area (Å²) in [6.45, 7) is 4.39. The van der Waals surface area contributed by atoms with Crippen LogP contribution in [0, 0.1) is 0 Å². The van der Waals surface area contributed by atoms with E-state index < -0.39 is 0 Å². The smallest absolute Gasteiger partial charge is 0.0396 e. The van der Waals surface area contributed by atoms with E-state index in [0.29, 0.717) is 0 Å². The van der Waals surface area contributed by atoms with Gasteiger partial charge in [0, 0.05) is 22.1 Å². The van der Waals surface area contributed by atoms with Crippen LogP contribution in [-0.2, 0) is 12.8 Å². The Labute approximate surface area is 154 Å². The fraction of sp³-hybridized carbons (Fsp3) is 0.167. The fourth-order valence-corrected chi connectivity index (χ4v) is 4.08. The van der Waals surface area contributed by atoms with Gasteiger partial charge in [-0.2, -0.15) is 0 Å². The Morgan fingerprint density at radius 1 is 0.577 bits per heavy atom. The van der Waals surface area contributed by atoms with Gasteiger partial charge in [0.25, 0.3) is 0 Å². The molecule has 0 amide bonds. The van der Waals surface area contributed by atoms with Gasteiger partial charge in [-0.15, -0.1) is 0 Å². The molecule has 0 atom stereocenters. The van der Waals surface area contributed by atoms with E-state index >= 15 is 0 Å². The zero-order valence-electron chi connectivity index (χ0n) is 15.3. The van der Waals surface area contributed by atoms with Crippen LogP contribution in [0.4, 0.5) is 11.4 Å². The van der Waals surface area contributed by atoms with Gasteiger partial charge in [0.2, 0.25) is 0 Å². The first-order chi connectivity index (χ1) is 12.7. The maximum atomic E-state index is 6.37. The Balaban J connectivity index is 2.24. The average Bonchev–Trinajstić information content (AvgIpc) is 2.68. The minimum Gasteiger partial charge on any atom is -0.398 e. The highest BCUT2D eigenvalue weighted by atomic mass is 14.6. The van der Waals surface area contributed by atoms with Gasteiger partial charge in [0.05, 0.1) is 0 Å². The van der Waals surface area contributed by atoms with Crippen LogP contribution in [0.3, 0.4) is 0 Å². The number of hydrogen-bond donors (Lipinski definition) is 2. The second-order valence-electron chi connectivity index (χ2n) is 6.80. The summed E-state index contributed by atoms with van der Waals surface area (Å²) in [5, 5.41) is 4.66. The van der Waals surface area contributed by atoms with Crippen LogP contribution in [0.25, 0.3) is 32.7 Å². The van der Waals surface area contributed by atoms with E-state index in [1.54, 1.807) is 0 Å². The van der Waals surface area contributed by atoms with Crippen molar-refractivity contribution in [2.45, 2.75) is 26.7 Å². The van der Waals surface area contributed by atoms with Gasteiger partial charge in [-0.25, -0.2) is 0 Å². The van der Waals surface area contributed by atoms with Crippen molar-refractivity contribution in [1.29, 1.82) is 0 Å². The van der Waals surface area contributed by atoms with E-state index in [0.717, 1.165) is 35.0 Å². The summed E-state index contributed by atoms with van der Waals surface area (Å²) >= 11 is 0. The third-order valence-electron chi connectivity index (χ3n) is 5.33. The highest BCUT2D eigenvalue weighted by molar-refractivity contribution is 6.12. The molecule has 4 rings (SSSR count). The molecule has 4 aromatic carbocycles. The van der Waals surface area contributed by atoms with Crippen LogP contribution in [0.15, 0.2) is 60.7 Å². The van der Waals surface area contributed by atoms with Gasteiger partial charge in [0.1, 0.15) is 0 Å². The van der Waals surface area contributed by atoms with Crippen molar-refractivity contribution < 1.29 is 0 Å². The van der Waals surface area contributed by atoms with E-state index in [1.165, 1.54) is 33.0 Å². The molecule has 4 N–H and O–H groups in total. The molecule has 130 valence electrons. The molecule has 2 nitrogen and oxygen atoms in total. The number of fused-ring (bicyclic) bond motifs is 2. The molecule has 0 aliphatic rings.